The van der Waals surface area contributed by atoms with Crippen molar-refractivity contribution in [2.24, 2.45) is 11.8 Å². The summed E-state index contributed by atoms with van der Waals surface area (Å²) in [5.74, 6) is 2.07. The van der Waals surface area contributed by atoms with E-state index < -0.39 is 0 Å². The summed E-state index contributed by atoms with van der Waals surface area (Å²) in [6.07, 6.45) is 11.5. The Labute approximate surface area is 117 Å². The zero-order valence-electron chi connectivity index (χ0n) is 12.8. The van der Waals surface area contributed by atoms with Crippen LogP contribution < -0.4 is 0 Å². The maximum absolute atomic E-state index is 2.37. The van der Waals surface area contributed by atoms with Crippen LogP contribution in [0.25, 0.3) is 0 Å². The summed E-state index contributed by atoms with van der Waals surface area (Å²) in [4.78, 5) is 0. The number of hydrogen-bond donors (Lipinski definition) is 0. The summed E-state index contributed by atoms with van der Waals surface area (Å²) < 4.78 is 0. The standard InChI is InChI=1S/2C8H17.Al/c2*1-4-7-8(5-2)6-3;/h2*8H,2,4-7H2,1,3H3;. The van der Waals surface area contributed by atoms with Crippen LogP contribution in [0.3, 0.4) is 0 Å². The third kappa shape index (κ3) is 10.2. The van der Waals surface area contributed by atoms with Gasteiger partial charge in [0.05, 0.1) is 0 Å². The average molecular weight is 253 g/mol. The fourth-order valence-corrected chi connectivity index (χ4v) is 4.48. The Balaban J connectivity index is 3.43. The Hall–Kier alpha value is 0.532. The van der Waals surface area contributed by atoms with Crippen molar-refractivity contribution in [2.45, 2.75) is 89.6 Å². The van der Waals surface area contributed by atoms with Crippen molar-refractivity contribution in [1.82, 2.24) is 0 Å². The van der Waals surface area contributed by atoms with Gasteiger partial charge in [-0.3, -0.25) is 0 Å². The summed E-state index contributed by atoms with van der Waals surface area (Å²) in [6.45, 7) is 9.38. The summed E-state index contributed by atoms with van der Waals surface area (Å²) in [6, 6.07) is 0. The van der Waals surface area contributed by atoms with Gasteiger partial charge >= 0.3 is 0 Å². The first-order valence-electron chi connectivity index (χ1n) is 8.09. The second kappa shape index (κ2) is 13.0. The molecule has 0 saturated heterocycles. The molecule has 2 unspecified atom stereocenters. The normalized spacial score (nSPS) is 14.6. The molecule has 101 valence electrons. The van der Waals surface area contributed by atoms with Gasteiger partial charge in [0, 0.05) is 0 Å². The smallest absolute Gasteiger partial charge is 0.104 e. The molecule has 0 aromatic carbocycles. The Morgan fingerprint density at radius 3 is 1.35 bits per heavy atom. The first kappa shape index (κ1) is 17.5. The fourth-order valence-electron chi connectivity index (χ4n) is 2.77. The molecule has 0 aliphatic rings. The molecule has 2 atom stereocenters. The van der Waals surface area contributed by atoms with Crippen LogP contribution in [0.5, 0.6) is 0 Å². The van der Waals surface area contributed by atoms with E-state index in [4.69, 9.17) is 0 Å². The highest BCUT2D eigenvalue weighted by Crippen LogP contribution is 2.20. The molecule has 0 nitrogen and oxygen atoms in total. The predicted molar refractivity (Wildman–Crippen MR) is 82.0 cm³/mol. The van der Waals surface area contributed by atoms with E-state index in [-0.39, 0.29) is 0 Å². The largest absolute Gasteiger partial charge is 0.199 e. The molecule has 0 rings (SSSR count). The molecule has 0 bridgehead atoms. The van der Waals surface area contributed by atoms with E-state index in [2.05, 4.69) is 27.7 Å². The van der Waals surface area contributed by atoms with E-state index in [0.29, 0.717) is 0 Å². The lowest BCUT2D eigenvalue weighted by Crippen LogP contribution is -2.03. The third-order valence-corrected chi connectivity index (χ3v) is 5.59. The summed E-state index contributed by atoms with van der Waals surface area (Å²) in [5.41, 5.74) is 0. The van der Waals surface area contributed by atoms with Gasteiger partial charge in [0.25, 0.3) is 0 Å². The molecule has 0 amide bonds. The minimum atomic E-state index is 0.753. The number of rotatable bonds is 12. The van der Waals surface area contributed by atoms with Crippen LogP contribution in [0.15, 0.2) is 0 Å². The Morgan fingerprint density at radius 1 is 0.647 bits per heavy atom. The quantitative estimate of drug-likeness (QED) is 0.297. The van der Waals surface area contributed by atoms with Gasteiger partial charge in [-0.25, -0.2) is 0 Å². The van der Waals surface area contributed by atoms with Crippen molar-refractivity contribution in [1.29, 1.82) is 0 Å². The van der Waals surface area contributed by atoms with Crippen molar-refractivity contribution in [2.75, 3.05) is 0 Å². The molecule has 0 N–H and O–H groups in total. The van der Waals surface area contributed by atoms with E-state index in [1.54, 1.807) is 10.6 Å². The van der Waals surface area contributed by atoms with Crippen molar-refractivity contribution in [3.8, 4) is 0 Å². The van der Waals surface area contributed by atoms with Gasteiger partial charge in [0.2, 0.25) is 0 Å². The van der Waals surface area contributed by atoms with Crippen LogP contribution >= 0.6 is 0 Å². The first-order valence-corrected chi connectivity index (χ1v) is 9.73. The van der Waals surface area contributed by atoms with Crippen molar-refractivity contribution < 1.29 is 0 Å². The van der Waals surface area contributed by atoms with Crippen LogP contribution in [0.2, 0.25) is 10.6 Å². The van der Waals surface area contributed by atoms with Gasteiger partial charge < -0.3 is 0 Å². The summed E-state index contributed by atoms with van der Waals surface area (Å²) in [7, 11) is 0. The molecule has 0 fully saturated rings. The zero-order chi connectivity index (χ0) is 12.9. The molecule has 17 heavy (non-hydrogen) atoms. The lowest BCUT2D eigenvalue weighted by Gasteiger charge is -2.15. The SMILES string of the molecule is CCCC(CC)C[CH2][Al][CH2]CC(CC)CCC. The van der Waals surface area contributed by atoms with Crippen LogP contribution in [0.4, 0.5) is 0 Å². The summed E-state index contributed by atoms with van der Waals surface area (Å²) in [5, 5.41) is 3.11. The number of hydrogen-bond acceptors (Lipinski definition) is 0. The molecule has 0 heterocycles. The Bertz CT molecular complexity index is 128. The summed E-state index contributed by atoms with van der Waals surface area (Å²) >= 11 is 0.753. The highest BCUT2D eigenvalue weighted by Gasteiger charge is 2.07. The van der Waals surface area contributed by atoms with Crippen molar-refractivity contribution in [3.63, 3.8) is 0 Å². The van der Waals surface area contributed by atoms with Gasteiger partial charge in [-0.15, -0.1) is 10.6 Å². The maximum Gasteiger partial charge on any atom is 0.199 e. The molecule has 0 aliphatic heterocycles. The van der Waals surface area contributed by atoms with Gasteiger partial charge in [-0.1, -0.05) is 79.1 Å². The van der Waals surface area contributed by atoms with Gasteiger partial charge in [0.1, 0.15) is 0 Å². The molecule has 0 aromatic rings. The Kier molecular flexibility index (Phi) is 13.4. The highest BCUT2D eigenvalue weighted by molar-refractivity contribution is 6.35. The van der Waals surface area contributed by atoms with Crippen molar-refractivity contribution in [3.05, 3.63) is 0 Å². The van der Waals surface area contributed by atoms with E-state index in [1.807, 2.05) is 0 Å². The van der Waals surface area contributed by atoms with Crippen LogP contribution in [-0.4, -0.2) is 15.2 Å². The van der Waals surface area contributed by atoms with Gasteiger partial charge in [-0.05, 0) is 11.8 Å². The molecule has 1 radical (unpaired) electrons. The van der Waals surface area contributed by atoms with Crippen LogP contribution in [0.1, 0.15) is 79.1 Å². The molecular formula is C16H34Al. The van der Waals surface area contributed by atoms with Gasteiger partial charge in [-0.2, -0.15) is 0 Å². The van der Waals surface area contributed by atoms with Gasteiger partial charge in [0.15, 0.2) is 15.2 Å². The molecule has 0 aromatic heterocycles. The monoisotopic (exact) mass is 253 g/mol. The van der Waals surface area contributed by atoms with Crippen LogP contribution in [-0.2, 0) is 0 Å². The minimum Gasteiger partial charge on any atom is -0.104 e. The third-order valence-electron chi connectivity index (χ3n) is 4.11. The zero-order valence-corrected chi connectivity index (χ0v) is 14.0. The van der Waals surface area contributed by atoms with E-state index in [9.17, 15) is 0 Å². The van der Waals surface area contributed by atoms with Crippen LogP contribution in [0, 0.1) is 11.8 Å². The average Bonchev–Trinajstić information content (AvgIpc) is 2.35. The van der Waals surface area contributed by atoms with E-state index >= 15 is 0 Å². The highest BCUT2D eigenvalue weighted by atomic mass is 27.1. The molecular weight excluding hydrogens is 219 g/mol. The van der Waals surface area contributed by atoms with Crippen molar-refractivity contribution >= 4 is 15.2 Å². The lowest BCUT2D eigenvalue weighted by molar-refractivity contribution is 0.443. The predicted octanol–water partition coefficient (Wildman–Crippen LogP) is 5.96. The molecule has 0 saturated carbocycles. The van der Waals surface area contributed by atoms with E-state index in [0.717, 1.165) is 27.1 Å². The second-order valence-electron chi connectivity index (χ2n) is 5.57. The second-order valence-corrected chi connectivity index (χ2v) is 7.30. The lowest BCUT2D eigenvalue weighted by atomic mass is 9.98. The molecule has 0 aliphatic carbocycles. The minimum absolute atomic E-state index is 0.753. The molecule has 1 heteroatoms. The topological polar surface area (TPSA) is 0 Å². The van der Waals surface area contributed by atoms with E-state index in [1.165, 1.54) is 51.4 Å². The Morgan fingerprint density at radius 2 is 1.06 bits per heavy atom. The first-order chi connectivity index (χ1) is 8.28. The fraction of sp³-hybridized carbons (Fsp3) is 1.00. The molecule has 0 spiro atoms. The maximum atomic E-state index is 2.37.